The second kappa shape index (κ2) is 9.19. The molecule has 29 heavy (non-hydrogen) atoms. The van der Waals surface area contributed by atoms with Gasteiger partial charge in [-0.15, -0.1) is 0 Å². The maximum Gasteiger partial charge on any atom is 0.338 e. The third kappa shape index (κ3) is 5.21. The van der Waals surface area contributed by atoms with Crippen LogP contribution in [0.25, 0.3) is 0 Å². The summed E-state index contributed by atoms with van der Waals surface area (Å²) in [4.78, 5) is 26.1. The number of sulfonamides is 1. The van der Waals surface area contributed by atoms with Crippen molar-refractivity contribution in [2.45, 2.75) is 24.3 Å². The highest BCUT2D eigenvalue weighted by Gasteiger charge is 2.27. The van der Waals surface area contributed by atoms with E-state index in [0.717, 1.165) is 18.4 Å². The van der Waals surface area contributed by atoms with E-state index in [9.17, 15) is 18.0 Å². The number of ether oxygens (including phenoxy) is 1. The van der Waals surface area contributed by atoms with Crippen LogP contribution in [0, 0.1) is 0 Å². The first-order valence-electron chi connectivity index (χ1n) is 9.43. The van der Waals surface area contributed by atoms with Gasteiger partial charge < -0.3 is 9.64 Å². The van der Waals surface area contributed by atoms with Gasteiger partial charge in [0.25, 0.3) is 5.91 Å². The van der Waals surface area contributed by atoms with E-state index in [1.807, 2.05) is 30.3 Å². The van der Waals surface area contributed by atoms with Crippen LogP contribution in [-0.4, -0.2) is 56.2 Å². The molecule has 1 heterocycles. The molecule has 3 rings (SSSR count). The van der Waals surface area contributed by atoms with Gasteiger partial charge in [0.2, 0.25) is 10.0 Å². The molecule has 2 aromatic carbocycles. The van der Waals surface area contributed by atoms with Gasteiger partial charge in [-0.3, -0.25) is 4.79 Å². The summed E-state index contributed by atoms with van der Waals surface area (Å²) in [6.07, 6.45) is 1.67. The zero-order valence-corrected chi connectivity index (χ0v) is 17.1. The fraction of sp³-hybridized carbons (Fsp3) is 0.333. The minimum absolute atomic E-state index is 0.0568. The topological polar surface area (TPSA) is 84.0 Å². The molecule has 1 aliphatic rings. The molecule has 8 heteroatoms. The normalized spacial score (nSPS) is 14.5. The molecule has 0 spiro atoms. The van der Waals surface area contributed by atoms with Crippen LogP contribution in [0.5, 0.6) is 0 Å². The summed E-state index contributed by atoms with van der Waals surface area (Å²) in [6, 6.07) is 15.2. The lowest BCUT2D eigenvalue weighted by Gasteiger charge is -2.17. The molecule has 0 unspecified atom stereocenters. The molecule has 1 aliphatic heterocycles. The molecule has 2 aromatic rings. The minimum atomic E-state index is -3.62. The lowest BCUT2D eigenvalue weighted by molar-refractivity contribution is -0.133. The van der Waals surface area contributed by atoms with Crippen molar-refractivity contribution in [1.29, 1.82) is 0 Å². The van der Waals surface area contributed by atoms with E-state index < -0.39 is 22.6 Å². The Kier molecular flexibility index (Phi) is 6.66. The van der Waals surface area contributed by atoms with E-state index in [-0.39, 0.29) is 16.4 Å². The van der Waals surface area contributed by atoms with Crippen molar-refractivity contribution in [1.82, 2.24) is 9.21 Å². The average molecular weight is 416 g/mol. The first-order valence-corrected chi connectivity index (χ1v) is 10.9. The number of carbonyl (C=O) groups is 2. The maximum absolute atomic E-state index is 12.7. The molecule has 0 saturated carbocycles. The Morgan fingerprint density at radius 3 is 2.41 bits per heavy atom. The van der Waals surface area contributed by atoms with Gasteiger partial charge in [0.15, 0.2) is 6.61 Å². The second-order valence-corrected chi connectivity index (χ2v) is 8.89. The molecule has 0 N–H and O–H groups in total. The summed E-state index contributed by atoms with van der Waals surface area (Å²) in [7, 11) is -1.99. The Morgan fingerprint density at radius 2 is 1.72 bits per heavy atom. The van der Waals surface area contributed by atoms with E-state index in [0.29, 0.717) is 19.6 Å². The molecule has 1 fully saturated rings. The Bertz CT molecular complexity index is 970. The number of nitrogens with zero attached hydrogens (tertiary/aromatic N) is 2. The predicted octanol–water partition coefficient (Wildman–Crippen LogP) is 2.29. The number of rotatable bonds is 7. The first kappa shape index (κ1) is 21.0. The summed E-state index contributed by atoms with van der Waals surface area (Å²) in [6.45, 7) is 0.963. The molecule has 0 radical (unpaired) electrons. The Hall–Kier alpha value is -2.71. The van der Waals surface area contributed by atoms with Crippen molar-refractivity contribution in [3.63, 3.8) is 0 Å². The van der Waals surface area contributed by atoms with E-state index in [1.165, 1.54) is 33.5 Å². The monoisotopic (exact) mass is 416 g/mol. The van der Waals surface area contributed by atoms with Crippen LogP contribution in [0.3, 0.4) is 0 Å². The molecule has 7 nitrogen and oxygen atoms in total. The van der Waals surface area contributed by atoms with Gasteiger partial charge in [-0.2, -0.15) is 4.31 Å². The Balaban J connectivity index is 1.60. The van der Waals surface area contributed by atoms with E-state index >= 15 is 0 Å². The summed E-state index contributed by atoms with van der Waals surface area (Å²) >= 11 is 0. The number of likely N-dealkylation sites (N-methyl/N-ethyl adjacent to an activating group) is 1. The van der Waals surface area contributed by atoms with Crippen molar-refractivity contribution in [2.24, 2.45) is 0 Å². The minimum Gasteiger partial charge on any atom is -0.452 e. The lowest BCUT2D eigenvalue weighted by atomic mass is 10.2. The van der Waals surface area contributed by atoms with Gasteiger partial charge >= 0.3 is 5.97 Å². The van der Waals surface area contributed by atoms with Crippen LogP contribution in [0.15, 0.2) is 59.5 Å². The van der Waals surface area contributed by atoms with Crippen LogP contribution < -0.4 is 0 Å². The zero-order valence-electron chi connectivity index (χ0n) is 16.3. The molecule has 0 bridgehead atoms. The van der Waals surface area contributed by atoms with Crippen LogP contribution in [0.4, 0.5) is 0 Å². The molecular formula is C21H24N2O5S. The second-order valence-electron chi connectivity index (χ2n) is 6.95. The molecule has 1 saturated heterocycles. The molecular weight excluding hydrogens is 392 g/mol. The van der Waals surface area contributed by atoms with E-state index in [2.05, 4.69) is 0 Å². The summed E-state index contributed by atoms with van der Waals surface area (Å²) in [5.41, 5.74) is 1.07. The first-order chi connectivity index (χ1) is 13.9. The number of hydrogen-bond acceptors (Lipinski definition) is 5. The number of benzene rings is 2. The number of amides is 1. The Labute approximate surface area is 170 Å². The quantitative estimate of drug-likeness (QED) is 0.647. The van der Waals surface area contributed by atoms with Crippen molar-refractivity contribution in [2.75, 3.05) is 26.7 Å². The third-order valence-corrected chi connectivity index (χ3v) is 6.68. The van der Waals surface area contributed by atoms with Gasteiger partial charge in [-0.25, -0.2) is 13.2 Å². The predicted molar refractivity (Wildman–Crippen MR) is 108 cm³/mol. The average Bonchev–Trinajstić information content (AvgIpc) is 3.28. The van der Waals surface area contributed by atoms with Crippen LogP contribution in [0.2, 0.25) is 0 Å². The fourth-order valence-electron chi connectivity index (χ4n) is 3.13. The lowest BCUT2D eigenvalue weighted by Crippen LogP contribution is -2.31. The van der Waals surface area contributed by atoms with Crippen molar-refractivity contribution < 1.29 is 22.7 Å². The van der Waals surface area contributed by atoms with Crippen LogP contribution in [0.1, 0.15) is 28.8 Å². The largest absolute Gasteiger partial charge is 0.452 e. The van der Waals surface area contributed by atoms with E-state index in [1.54, 1.807) is 7.05 Å². The van der Waals surface area contributed by atoms with Gasteiger partial charge in [-0.1, -0.05) is 36.4 Å². The summed E-state index contributed by atoms with van der Waals surface area (Å²) < 4.78 is 31.8. The maximum atomic E-state index is 12.7. The van der Waals surface area contributed by atoms with Crippen molar-refractivity contribution in [3.05, 3.63) is 65.7 Å². The van der Waals surface area contributed by atoms with Gasteiger partial charge in [0, 0.05) is 26.7 Å². The summed E-state index contributed by atoms with van der Waals surface area (Å²) in [5, 5.41) is 0. The molecule has 0 atom stereocenters. The SMILES string of the molecule is CN(Cc1ccccc1)C(=O)COC(=O)c1cccc(S(=O)(=O)N2CCCC2)c1. The number of carbonyl (C=O) groups excluding carboxylic acids is 2. The standard InChI is InChI=1S/C21H24N2O5S/c1-22(15-17-8-3-2-4-9-17)20(24)16-28-21(25)18-10-7-11-19(14-18)29(26,27)23-12-5-6-13-23/h2-4,7-11,14H,5-6,12-13,15-16H2,1H3. The van der Waals surface area contributed by atoms with E-state index in [4.69, 9.17) is 4.74 Å². The highest BCUT2D eigenvalue weighted by atomic mass is 32.2. The fourth-order valence-corrected chi connectivity index (χ4v) is 4.69. The van der Waals surface area contributed by atoms with Crippen LogP contribution in [-0.2, 0) is 26.1 Å². The van der Waals surface area contributed by atoms with Crippen molar-refractivity contribution >= 4 is 21.9 Å². The summed E-state index contributed by atoms with van der Waals surface area (Å²) in [5.74, 6) is -1.08. The molecule has 0 aliphatic carbocycles. The molecule has 1 amide bonds. The molecule has 154 valence electrons. The third-order valence-electron chi connectivity index (χ3n) is 4.79. The van der Waals surface area contributed by atoms with Gasteiger partial charge in [-0.05, 0) is 36.6 Å². The zero-order chi connectivity index (χ0) is 20.9. The Morgan fingerprint density at radius 1 is 1.03 bits per heavy atom. The number of esters is 1. The smallest absolute Gasteiger partial charge is 0.338 e. The van der Waals surface area contributed by atoms with Crippen molar-refractivity contribution in [3.8, 4) is 0 Å². The van der Waals surface area contributed by atoms with Crippen LogP contribution >= 0.6 is 0 Å². The highest BCUT2D eigenvalue weighted by molar-refractivity contribution is 7.89. The molecule has 0 aromatic heterocycles. The van der Waals surface area contributed by atoms with Gasteiger partial charge in [0.05, 0.1) is 10.5 Å². The number of hydrogen-bond donors (Lipinski definition) is 0. The van der Waals surface area contributed by atoms with Gasteiger partial charge in [0.1, 0.15) is 0 Å². The highest BCUT2D eigenvalue weighted by Crippen LogP contribution is 2.21.